The molecule has 23 heavy (non-hydrogen) atoms. The van der Waals surface area contributed by atoms with Gasteiger partial charge in [-0.15, -0.1) is 0 Å². The molecule has 2 heterocycles. The minimum absolute atomic E-state index is 0.00842. The molecule has 1 aromatic rings. The Labute approximate surface area is 136 Å². The predicted octanol–water partition coefficient (Wildman–Crippen LogP) is 1.37. The quantitative estimate of drug-likeness (QED) is 0.824. The van der Waals surface area contributed by atoms with E-state index >= 15 is 0 Å². The van der Waals surface area contributed by atoms with Gasteiger partial charge in [-0.2, -0.15) is 0 Å². The Balaban J connectivity index is 1.48. The highest BCUT2D eigenvalue weighted by atomic mass is 16.3. The summed E-state index contributed by atoms with van der Waals surface area (Å²) in [6.45, 7) is 4.14. The Hall–Kier alpha value is -1.82. The van der Waals surface area contributed by atoms with Crippen molar-refractivity contribution in [3.63, 3.8) is 0 Å². The average molecular weight is 319 g/mol. The second-order valence-electron chi connectivity index (χ2n) is 6.53. The van der Waals surface area contributed by atoms with Crippen LogP contribution >= 0.6 is 0 Å². The number of amides is 2. The van der Waals surface area contributed by atoms with Crippen molar-refractivity contribution in [1.82, 2.24) is 15.1 Å². The Bertz CT molecular complexity index is 539. The SMILES string of the molecule is CC(=O)N(C[C@@H]1CCCN1CC(=O)NCc1ccco1)C1CC1. The molecular weight excluding hydrogens is 294 g/mol. The number of likely N-dealkylation sites (tertiary alicyclic amines) is 1. The van der Waals surface area contributed by atoms with E-state index in [0.717, 1.165) is 44.5 Å². The minimum atomic E-state index is 0.00842. The van der Waals surface area contributed by atoms with Gasteiger partial charge in [-0.3, -0.25) is 14.5 Å². The van der Waals surface area contributed by atoms with E-state index in [4.69, 9.17) is 4.42 Å². The molecule has 1 aromatic heterocycles. The van der Waals surface area contributed by atoms with E-state index in [0.29, 0.717) is 25.2 Å². The number of furan rings is 1. The van der Waals surface area contributed by atoms with Crippen LogP contribution in [-0.2, 0) is 16.1 Å². The van der Waals surface area contributed by atoms with E-state index in [1.807, 2.05) is 17.0 Å². The lowest BCUT2D eigenvalue weighted by molar-refractivity contribution is -0.130. The first-order chi connectivity index (χ1) is 11.1. The van der Waals surface area contributed by atoms with E-state index in [-0.39, 0.29) is 11.8 Å². The molecule has 3 rings (SSSR count). The van der Waals surface area contributed by atoms with Gasteiger partial charge in [-0.25, -0.2) is 0 Å². The van der Waals surface area contributed by atoms with Crippen LogP contribution in [0.1, 0.15) is 38.4 Å². The van der Waals surface area contributed by atoms with Crippen molar-refractivity contribution < 1.29 is 14.0 Å². The number of carbonyl (C=O) groups excluding carboxylic acids is 2. The number of hydrogen-bond donors (Lipinski definition) is 1. The molecule has 2 amide bonds. The second kappa shape index (κ2) is 7.17. The zero-order valence-electron chi connectivity index (χ0n) is 13.7. The molecule has 2 fully saturated rings. The monoisotopic (exact) mass is 319 g/mol. The van der Waals surface area contributed by atoms with Crippen molar-refractivity contribution >= 4 is 11.8 Å². The third-order valence-electron chi connectivity index (χ3n) is 4.69. The van der Waals surface area contributed by atoms with Crippen LogP contribution in [0.25, 0.3) is 0 Å². The van der Waals surface area contributed by atoms with Gasteiger partial charge in [-0.1, -0.05) is 0 Å². The summed E-state index contributed by atoms with van der Waals surface area (Å²) in [5.41, 5.74) is 0. The van der Waals surface area contributed by atoms with Crippen LogP contribution in [0.15, 0.2) is 22.8 Å². The normalized spacial score (nSPS) is 21.3. The summed E-state index contributed by atoms with van der Waals surface area (Å²) in [6.07, 6.45) is 5.99. The molecule has 0 bridgehead atoms. The largest absolute Gasteiger partial charge is 0.467 e. The molecule has 0 aromatic carbocycles. The molecule has 1 saturated heterocycles. The summed E-state index contributed by atoms with van der Waals surface area (Å²) in [5, 5.41) is 2.89. The van der Waals surface area contributed by atoms with Gasteiger partial charge in [0, 0.05) is 25.6 Å². The third-order valence-corrected chi connectivity index (χ3v) is 4.69. The summed E-state index contributed by atoms with van der Waals surface area (Å²) < 4.78 is 5.21. The van der Waals surface area contributed by atoms with Crippen molar-refractivity contribution in [2.45, 2.75) is 51.2 Å². The van der Waals surface area contributed by atoms with E-state index in [9.17, 15) is 9.59 Å². The van der Waals surface area contributed by atoms with Crippen LogP contribution in [0.4, 0.5) is 0 Å². The van der Waals surface area contributed by atoms with Crippen molar-refractivity contribution in [2.75, 3.05) is 19.6 Å². The first-order valence-corrected chi connectivity index (χ1v) is 8.44. The lowest BCUT2D eigenvalue weighted by Crippen LogP contribution is -2.46. The second-order valence-corrected chi connectivity index (χ2v) is 6.53. The molecule has 2 aliphatic rings. The highest BCUT2D eigenvalue weighted by molar-refractivity contribution is 5.78. The van der Waals surface area contributed by atoms with Crippen LogP contribution in [0, 0.1) is 0 Å². The van der Waals surface area contributed by atoms with Gasteiger partial charge < -0.3 is 14.6 Å². The molecule has 6 nitrogen and oxygen atoms in total. The maximum absolute atomic E-state index is 12.1. The zero-order valence-corrected chi connectivity index (χ0v) is 13.7. The molecule has 126 valence electrons. The van der Waals surface area contributed by atoms with E-state index in [1.165, 1.54) is 0 Å². The smallest absolute Gasteiger partial charge is 0.234 e. The van der Waals surface area contributed by atoms with Crippen LogP contribution in [0.3, 0.4) is 0 Å². The Kier molecular flexibility index (Phi) is 5.00. The minimum Gasteiger partial charge on any atom is -0.467 e. The maximum Gasteiger partial charge on any atom is 0.234 e. The zero-order chi connectivity index (χ0) is 16.2. The Morgan fingerprint density at radius 3 is 2.87 bits per heavy atom. The molecule has 0 radical (unpaired) electrons. The highest BCUT2D eigenvalue weighted by Crippen LogP contribution is 2.29. The van der Waals surface area contributed by atoms with E-state index in [1.54, 1.807) is 13.2 Å². The first-order valence-electron chi connectivity index (χ1n) is 8.44. The number of carbonyl (C=O) groups is 2. The third kappa shape index (κ3) is 4.34. The van der Waals surface area contributed by atoms with Gasteiger partial charge in [0.1, 0.15) is 5.76 Å². The fraction of sp³-hybridized carbons (Fsp3) is 0.647. The van der Waals surface area contributed by atoms with Gasteiger partial charge in [0.2, 0.25) is 11.8 Å². The molecule has 1 N–H and O–H groups in total. The predicted molar refractivity (Wildman–Crippen MR) is 85.6 cm³/mol. The van der Waals surface area contributed by atoms with E-state index < -0.39 is 0 Å². The molecule has 0 unspecified atom stereocenters. The van der Waals surface area contributed by atoms with Crippen molar-refractivity contribution in [3.05, 3.63) is 24.2 Å². The molecule has 1 aliphatic carbocycles. The van der Waals surface area contributed by atoms with Gasteiger partial charge >= 0.3 is 0 Å². The van der Waals surface area contributed by atoms with Gasteiger partial charge in [0.05, 0.1) is 19.4 Å². The number of nitrogens with zero attached hydrogens (tertiary/aromatic N) is 2. The average Bonchev–Trinajstić information content (AvgIpc) is 3.04. The Morgan fingerprint density at radius 2 is 2.22 bits per heavy atom. The van der Waals surface area contributed by atoms with Gasteiger partial charge in [0.15, 0.2) is 0 Å². The van der Waals surface area contributed by atoms with Crippen molar-refractivity contribution in [3.8, 4) is 0 Å². The number of rotatable bonds is 7. The fourth-order valence-corrected chi connectivity index (χ4v) is 3.30. The van der Waals surface area contributed by atoms with Gasteiger partial charge in [-0.05, 0) is 44.4 Å². The number of hydrogen-bond acceptors (Lipinski definition) is 4. The summed E-state index contributed by atoms with van der Waals surface area (Å²) in [5.74, 6) is 0.920. The maximum atomic E-state index is 12.1. The van der Waals surface area contributed by atoms with Gasteiger partial charge in [0.25, 0.3) is 0 Å². The number of nitrogens with one attached hydrogen (secondary N) is 1. The fourth-order valence-electron chi connectivity index (χ4n) is 3.30. The summed E-state index contributed by atoms with van der Waals surface area (Å²) >= 11 is 0. The molecule has 1 atom stereocenters. The summed E-state index contributed by atoms with van der Waals surface area (Å²) in [7, 11) is 0. The van der Waals surface area contributed by atoms with Crippen LogP contribution < -0.4 is 5.32 Å². The topological polar surface area (TPSA) is 65.8 Å². The standard InChI is InChI=1S/C17H25N3O3/c1-13(21)20(14-6-7-14)11-15-4-2-8-19(15)12-17(22)18-10-16-5-3-9-23-16/h3,5,9,14-15H,2,4,6-8,10-12H2,1H3,(H,18,22)/t15-/m0/s1. The van der Waals surface area contributed by atoms with E-state index in [2.05, 4.69) is 10.2 Å². The van der Waals surface area contributed by atoms with Crippen LogP contribution in [0.2, 0.25) is 0 Å². The van der Waals surface area contributed by atoms with Crippen molar-refractivity contribution in [1.29, 1.82) is 0 Å². The molecule has 0 spiro atoms. The summed E-state index contributed by atoms with van der Waals surface area (Å²) in [4.78, 5) is 28.1. The summed E-state index contributed by atoms with van der Waals surface area (Å²) in [6, 6.07) is 4.39. The van der Waals surface area contributed by atoms with Crippen molar-refractivity contribution in [2.24, 2.45) is 0 Å². The highest BCUT2D eigenvalue weighted by Gasteiger charge is 2.35. The molecule has 1 aliphatic heterocycles. The van der Waals surface area contributed by atoms with Crippen LogP contribution in [0.5, 0.6) is 0 Å². The molecule has 1 saturated carbocycles. The Morgan fingerprint density at radius 1 is 1.39 bits per heavy atom. The van der Waals surface area contributed by atoms with Crippen LogP contribution in [-0.4, -0.2) is 53.3 Å². The lowest BCUT2D eigenvalue weighted by atomic mass is 10.2. The molecule has 6 heteroatoms. The first kappa shape index (κ1) is 16.1. The molecular formula is C17H25N3O3. The lowest BCUT2D eigenvalue weighted by Gasteiger charge is -2.30.